The smallest absolute Gasteiger partial charge is 0.203 e. The molecule has 0 bridgehead atoms. The molecule has 2 N–H and O–H groups in total. The Balaban J connectivity index is 1.46. The van der Waals surface area contributed by atoms with Crippen molar-refractivity contribution in [2.45, 2.75) is 6.42 Å². The first-order chi connectivity index (χ1) is 18.1. The third-order valence-corrected chi connectivity index (χ3v) is 5.84. The van der Waals surface area contributed by atoms with Crippen LogP contribution in [0.5, 0.6) is 17.2 Å². The predicted molar refractivity (Wildman–Crippen MR) is 148 cm³/mol. The number of nitrogens with zero attached hydrogens (tertiary/aromatic N) is 2. The van der Waals surface area contributed by atoms with Crippen molar-refractivity contribution in [2.24, 2.45) is 0 Å². The second kappa shape index (κ2) is 12.5. The number of fused-ring (bicyclic) bond motifs is 1. The van der Waals surface area contributed by atoms with Crippen LogP contribution in [0.1, 0.15) is 5.56 Å². The van der Waals surface area contributed by atoms with Crippen molar-refractivity contribution >= 4 is 33.9 Å². The summed E-state index contributed by atoms with van der Waals surface area (Å²) in [6.45, 7) is 0.915. The standard InChI is InChI=1S/C29H27ClN4O3/c1-35-27-15-20(14-21(18-31)19-34-23-6-4-3-5-7-23)16-28(29(27)36-2)37-13-12-33-25-10-11-32-26-17-22(30)8-9-24(25)26/h3-11,15-17,19,34H,12-14H2,1-2H3,(H,32,33). The second-order valence-electron chi connectivity index (χ2n) is 8.09. The first kappa shape index (κ1) is 25.7. The minimum absolute atomic E-state index is 0.372. The monoisotopic (exact) mass is 514 g/mol. The van der Waals surface area contributed by atoms with E-state index in [9.17, 15) is 5.26 Å². The van der Waals surface area contributed by atoms with E-state index in [0.717, 1.165) is 27.8 Å². The summed E-state index contributed by atoms with van der Waals surface area (Å²) in [5.74, 6) is 1.58. The first-order valence-electron chi connectivity index (χ1n) is 11.7. The molecule has 0 aliphatic carbocycles. The van der Waals surface area contributed by atoms with Crippen molar-refractivity contribution in [3.8, 4) is 23.3 Å². The zero-order chi connectivity index (χ0) is 26.0. The number of nitriles is 1. The molecule has 0 aliphatic rings. The van der Waals surface area contributed by atoms with Gasteiger partial charge >= 0.3 is 0 Å². The maximum Gasteiger partial charge on any atom is 0.203 e. The van der Waals surface area contributed by atoms with Gasteiger partial charge in [0.05, 0.1) is 25.8 Å². The highest BCUT2D eigenvalue weighted by molar-refractivity contribution is 6.31. The van der Waals surface area contributed by atoms with Gasteiger partial charge < -0.3 is 24.8 Å². The lowest BCUT2D eigenvalue weighted by molar-refractivity contribution is 0.292. The van der Waals surface area contributed by atoms with Crippen molar-refractivity contribution in [1.29, 1.82) is 5.26 Å². The molecule has 0 saturated heterocycles. The molecule has 0 fully saturated rings. The summed E-state index contributed by atoms with van der Waals surface area (Å²) in [6.07, 6.45) is 3.85. The molecule has 0 amide bonds. The third-order valence-electron chi connectivity index (χ3n) is 5.61. The summed E-state index contributed by atoms with van der Waals surface area (Å²) in [4.78, 5) is 4.37. The van der Waals surface area contributed by atoms with Gasteiger partial charge in [0.25, 0.3) is 0 Å². The van der Waals surface area contributed by atoms with Gasteiger partial charge in [-0.2, -0.15) is 5.26 Å². The van der Waals surface area contributed by atoms with Crippen LogP contribution in [-0.4, -0.2) is 32.4 Å². The minimum atomic E-state index is 0.372. The number of allylic oxidation sites excluding steroid dienone is 1. The van der Waals surface area contributed by atoms with Crippen molar-refractivity contribution in [3.05, 3.63) is 95.3 Å². The zero-order valence-electron chi connectivity index (χ0n) is 20.6. The molecule has 1 heterocycles. The number of aromatic nitrogens is 1. The summed E-state index contributed by atoms with van der Waals surface area (Å²) < 4.78 is 17.2. The van der Waals surface area contributed by atoms with Gasteiger partial charge in [0, 0.05) is 52.7 Å². The molecule has 8 heteroatoms. The fourth-order valence-electron chi connectivity index (χ4n) is 3.86. The molecule has 4 aromatic rings. The van der Waals surface area contributed by atoms with E-state index in [1.54, 1.807) is 26.6 Å². The van der Waals surface area contributed by atoms with Crippen LogP contribution >= 0.6 is 11.6 Å². The van der Waals surface area contributed by atoms with Crippen LogP contribution < -0.4 is 24.8 Å². The quantitative estimate of drug-likeness (QED) is 0.175. The molecular formula is C29H27ClN4O3. The highest BCUT2D eigenvalue weighted by Gasteiger charge is 2.15. The third kappa shape index (κ3) is 6.63. The number of hydrogen-bond acceptors (Lipinski definition) is 7. The number of hydrogen-bond donors (Lipinski definition) is 2. The topological polar surface area (TPSA) is 88.4 Å². The van der Waals surface area contributed by atoms with Crippen LogP contribution in [0.2, 0.25) is 5.02 Å². The van der Waals surface area contributed by atoms with Gasteiger partial charge in [-0.25, -0.2) is 0 Å². The Labute approximate surface area is 221 Å². The Kier molecular flexibility index (Phi) is 8.69. The number of rotatable bonds is 11. The number of halogens is 1. The lowest BCUT2D eigenvalue weighted by Crippen LogP contribution is -2.12. The molecule has 0 atom stereocenters. The summed E-state index contributed by atoms with van der Waals surface area (Å²) in [5, 5.41) is 17.8. The van der Waals surface area contributed by atoms with Gasteiger partial charge in [0.1, 0.15) is 6.61 Å². The van der Waals surface area contributed by atoms with Crippen molar-refractivity contribution in [2.75, 3.05) is 38.0 Å². The molecule has 188 valence electrons. The average molecular weight is 515 g/mol. The van der Waals surface area contributed by atoms with Crippen molar-refractivity contribution in [1.82, 2.24) is 4.98 Å². The van der Waals surface area contributed by atoms with Crippen LogP contribution in [0.4, 0.5) is 11.4 Å². The lowest BCUT2D eigenvalue weighted by atomic mass is 10.1. The van der Waals surface area contributed by atoms with Crippen molar-refractivity contribution in [3.63, 3.8) is 0 Å². The van der Waals surface area contributed by atoms with E-state index in [2.05, 4.69) is 21.7 Å². The number of ether oxygens (including phenoxy) is 3. The maximum atomic E-state index is 9.67. The zero-order valence-corrected chi connectivity index (χ0v) is 21.4. The number of benzene rings is 3. The Bertz CT molecular complexity index is 1430. The average Bonchev–Trinajstić information content (AvgIpc) is 2.93. The van der Waals surface area contributed by atoms with E-state index in [-0.39, 0.29) is 0 Å². The van der Waals surface area contributed by atoms with E-state index < -0.39 is 0 Å². The van der Waals surface area contributed by atoms with Crippen LogP contribution in [0.25, 0.3) is 10.9 Å². The van der Waals surface area contributed by atoms with E-state index >= 15 is 0 Å². The van der Waals surface area contributed by atoms with Gasteiger partial charge in [-0.3, -0.25) is 4.98 Å². The Morgan fingerprint density at radius 2 is 1.84 bits per heavy atom. The predicted octanol–water partition coefficient (Wildman–Crippen LogP) is 6.46. The second-order valence-corrected chi connectivity index (χ2v) is 8.53. The fourth-order valence-corrected chi connectivity index (χ4v) is 4.03. The molecule has 4 rings (SSSR count). The van der Waals surface area contributed by atoms with Gasteiger partial charge in [-0.15, -0.1) is 0 Å². The molecule has 7 nitrogen and oxygen atoms in total. The van der Waals surface area contributed by atoms with E-state index in [1.807, 2.05) is 66.7 Å². The first-order valence-corrected chi connectivity index (χ1v) is 12.1. The Morgan fingerprint density at radius 1 is 1.03 bits per heavy atom. The maximum absolute atomic E-state index is 9.67. The van der Waals surface area contributed by atoms with Crippen molar-refractivity contribution < 1.29 is 14.2 Å². The van der Waals surface area contributed by atoms with Gasteiger partial charge in [0.2, 0.25) is 5.75 Å². The van der Waals surface area contributed by atoms with Crippen LogP contribution in [-0.2, 0) is 6.42 Å². The number of nitrogens with one attached hydrogen (secondary N) is 2. The molecule has 1 aromatic heterocycles. The normalized spacial score (nSPS) is 11.0. The van der Waals surface area contributed by atoms with Crippen LogP contribution in [0, 0.1) is 11.3 Å². The molecule has 3 aromatic carbocycles. The summed E-state index contributed by atoms with van der Waals surface area (Å²) in [6, 6.07) is 23.2. The highest BCUT2D eigenvalue weighted by Crippen LogP contribution is 2.39. The van der Waals surface area contributed by atoms with Crippen LogP contribution in [0.15, 0.2) is 84.7 Å². The van der Waals surface area contributed by atoms with Gasteiger partial charge in [0.15, 0.2) is 11.5 Å². The fraction of sp³-hybridized carbons (Fsp3) is 0.172. The van der Waals surface area contributed by atoms with E-state index in [4.69, 9.17) is 25.8 Å². The minimum Gasteiger partial charge on any atom is -0.493 e. The number of para-hydroxylation sites is 1. The summed E-state index contributed by atoms with van der Waals surface area (Å²) in [7, 11) is 3.15. The molecular weight excluding hydrogens is 488 g/mol. The van der Waals surface area contributed by atoms with Gasteiger partial charge in [-0.1, -0.05) is 29.8 Å². The molecule has 0 saturated carbocycles. The summed E-state index contributed by atoms with van der Waals surface area (Å²) in [5.41, 5.74) is 4.09. The number of pyridine rings is 1. The lowest BCUT2D eigenvalue weighted by Gasteiger charge is -2.16. The number of methoxy groups -OCH3 is 2. The summed E-state index contributed by atoms with van der Waals surface area (Å²) >= 11 is 6.09. The Hall–Kier alpha value is -4.41. The Morgan fingerprint density at radius 3 is 2.59 bits per heavy atom. The number of anilines is 2. The molecule has 0 radical (unpaired) electrons. The van der Waals surface area contributed by atoms with E-state index in [0.29, 0.717) is 47.4 Å². The highest BCUT2D eigenvalue weighted by atomic mass is 35.5. The van der Waals surface area contributed by atoms with E-state index in [1.165, 1.54) is 0 Å². The van der Waals surface area contributed by atoms with Crippen LogP contribution in [0.3, 0.4) is 0 Å². The molecule has 0 aliphatic heterocycles. The SMILES string of the molecule is COc1cc(CC(C#N)=CNc2ccccc2)cc(OCCNc2ccnc3cc(Cl)ccc23)c1OC. The molecule has 37 heavy (non-hydrogen) atoms. The van der Waals surface area contributed by atoms with Gasteiger partial charge in [-0.05, 0) is 54.1 Å². The molecule has 0 spiro atoms. The molecule has 0 unspecified atom stereocenters. The largest absolute Gasteiger partial charge is 0.493 e.